The Morgan fingerprint density at radius 1 is 1.90 bits per heavy atom. The van der Waals surface area contributed by atoms with Gasteiger partial charge in [0.25, 0.3) is 5.91 Å². The minimum atomic E-state index is -0.0406. The van der Waals surface area contributed by atoms with Crippen molar-refractivity contribution in [2.24, 2.45) is 0 Å². The Bertz CT molecular complexity index is 140. The molecule has 1 aliphatic heterocycles. The molecule has 58 valence electrons. The summed E-state index contributed by atoms with van der Waals surface area (Å²) >= 11 is 3.26. The molecule has 0 spiro atoms. The van der Waals surface area contributed by atoms with E-state index in [1.165, 1.54) is 5.06 Å². The molecule has 1 heterocycles. The fourth-order valence-electron chi connectivity index (χ4n) is 0.857. The van der Waals surface area contributed by atoms with Crippen molar-refractivity contribution >= 4 is 21.8 Å². The van der Waals surface area contributed by atoms with Crippen LogP contribution in [0.5, 0.6) is 0 Å². The number of alkyl halides is 1. The number of amides is 1. The van der Waals surface area contributed by atoms with Gasteiger partial charge >= 0.3 is 0 Å². The molecule has 0 N–H and O–H groups in total. The topological polar surface area (TPSA) is 29.5 Å². The lowest BCUT2D eigenvalue weighted by atomic mass is 10.3. The molecule has 1 saturated heterocycles. The van der Waals surface area contributed by atoms with Gasteiger partial charge in [-0.05, 0) is 13.3 Å². The van der Waals surface area contributed by atoms with Gasteiger partial charge in [0.2, 0.25) is 0 Å². The summed E-state index contributed by atoms with van der Waals surface area (Å²) in [5.41, 5.74) is 0. The minimum Gasteiger partial charge on any atom is -0.271 e. The third kappa shape index (κ3) is 1.49. The van der Waals surface area contributed by atoms with Crippen LogP contribution in [-0.2, 0) is 9.63 Å². The van der Waals surface area contributed by atoms with Gasteiger partial charge in [-0.2, -0.15) is 0 Å². The summed E-state index contributed by atoms with van der Waals surface area (Å²) in [5, 5.41) is 1.39. The highest BCUT2D eigenvalue weighted by Gasteiger charge is 2.25. The molecule has 0 radical (unpaired) electrons. The van der Waals surface area contributed by atoms with Crippen molar-refractivity contribution in [2.75, 3.05) is 13.2 Å². The first-order chi connectivity index (χ1) is 4.75. The first-order valence-electron chi connectivity index (χ1n) is 3.34. The van der Waals surface area contributed by atoms with E-state index in [1.807, 2.05) is 6.92 Å². The Kier molecular flexibility index (Phi) is 2.68. The highest BCUT2D eigenvalue weighted by atomic mass is 79.9. The molecule has 1 unspecified atom stereocenters. The number of carbonyl (C=O) groups is 1. The van der Waals surface area contributed by atoms with E-state index >= 15 is 0 Å². The van der Waals surface area contributed by atoms with E-state index in [0.29, 0.717) is 13.2 Å². The Morgan fingerprint density at radius 2 is 2.60 bits per heavy atom. The molecule has 0 aliphatic carbocycles. The first-order valence-corrected chi connectivity index (χ1v) is 4.25. The van der Waals surface area contributed by atoms with Crippen LogP contribution in [0.2, 0.25) is 0 Å². The van der Waals surface area contributed by atoms with Crippen LogP contribution in [0.15, 0.2) is 0 Å². The molecule has 0 aromatic rings. The van der Waals surface area contributed by atoms with Crippen molar-refractivity contribution in [3.63, 3.8) is 0 Å². The summed E-state index contributed by atoms with van der Waals surface area (Å²) in [6, 6.07) is 0. The average molecular weight is 208 g/mol. The van der Waals surface area contributed by atoms with Gasteiger partial charge < -0.3 is 0 Å². The fourth-order valence-corrected chi connectivity index (χ4v) is 1.27. The van der Waals surface area contributed by atoms with Gasteiger partial charge in [0.05, 0.1) is 11.4 Å². The van der Waals surface area contributed by atoms with Crippen LogP contribution in [0.1, 0.15) is 13.3 Å². The third-order valence-corrected chi connectivity index (χ3v) is 2.27. The monoisotopic (exact) mass is 207 g/mol. The zero-order valence-electron chi connectivity index (χ0n) is 5.84. The smallest absolute Gasteiger partial charge is 0.259 e. The Morgan fingerprint density at radius 3 is 3.10 bits per heavy atom. The molecule has 1 rings (SSSR count). The van der Waals surface area contributed by atoms with Gasteiger partial charge in [-0.3, -0.25) is 9.63 Å². The lowest BCUT2D eigenvalue weighted by Gasteiger charge is -2.27. The molecule has 0 saturated carbocycles. The van der Waals surface area contributed by atoms with Gasteiger partial charge in [-0.1, -0.05) is 15.9 Å². The van der Waals surface area contributed by atoms with Gasteiger partial charge in [0.15, 0.2) is 0 Å². The van der Waals surface area contributed by atoms with E-state index in [-0.39, 0.29) is 10.7 Å². The van der Waals surface area contributed by atoms with Crippen molar-refractivity contribution < 1.29 is 9.63 Å². The number of carbonyl (C=O) groups excluding carboxylic acids is 1. The van der Waals surface area contributed by atoms with Crippen molar-refractivity contribution in [1.29, 1.82) is 0 Å². The number of hydrogen-bond acceptors (Lipinski definition) is 2. The normalized spacial score (nSPS) is 27.2. The summed E-state index contributed by atoms with van der Waals surface area (Å²) < 4.78 is 0. The lowest BCUT2D eigenvalue weighted by molar-refractivity contribution is -0.195. The van der Waals surface area contributed by atoms with E-state index in [0.717, 1.165) is 6.42 Å². The second kappa shape index (κ2) is 3.34. The summed E-state index contributed by atoms with van der Waals surface area (Å²) in [7, 11) is 0. The summed E-state index contributed by atoms with van der Waals surface area (Å²) in [4.78, 5) is 16.1. The molecule has 10 heavy (non-hydrogen) atoms. The standard InChI is InChI=1S/C6H10BrNO2/c1-2-8-6(9)5(7)3-4-10-8/h5H,2-4H2,1H3. The second-order valence-corrected chi connectivity index (χ2v) is 3.23. The van der Waals surface area contributed by atoms with Crippen LogP contribution in [0.25, 0.3) is 0 Å². The molecule has 1 atom stereocenters. The van der Waals surface area contributed by atoms with E-state index in [9.17, 15) is 4.79 Å². The van der Waals surface area contributed by atoms with E-state index in [2.05, 4.69) is 15.9 Å². The zero-order valence-corrected chi connectivity index (χ0v) is 7.43. The molecular formula is C6H10BrNO2. The summed E-state index contributed by atoms with van der Waals surface area (Å²) in [6.45, 7) is 3.15. The molecule has 0 aromatic heterocycles. The lowest BCUT2D eigenvalue weighted by Crippen LogP contribution is -2.41. The zero-order chi connectivity index (χ0) is 7.56. The highest BCUT2D eigenvalue weighted by Crippen LogP contribution is 2.15. The van der Waals surface area contributed by atoms with Crippen molar-refractivity contribution in [2.45, 2.75) is 18.2 Å². The average Bonchev–Trinajstić information content (AvgIpc) is 1.95. The summed E-state index contributed by atoms with van der Waals surface area (Å²) in [6.07, 6.45) is 0.773. The van der Waals surface area contributed by atoms with Crippen molar-refractivity contribution in [3.05, 3.63) is 0 Å². The van der Waals surface area contributed by atoms with Crippen molar-refractivity contribution in [3.8, 4) is 0 Å². The maximum Gasteiger partial charge on any atom is 0.259 e. The number of rotatable bonds is 1. The maximum absolute atomic E-state index is 11.1. The molecule has 3 nitrogen and oxygen atoms in total. The fraction of sp³-hybridized carbons (Fsp3) is 0.833. The van der Waals surface area contributed by atoms with Crippen LogP contribution in [-0.4, -0.2) is 28.9 Å². The number of hydrogen-bond donors (Lipinski definition) is 0. The van der Waals surface area contributed by atoms with E-state index < -0.39 is 0 Å². The Balaban J connectivity index is 2.51. The van der Waals surface area contributed by atoms with E-state index in [1.54, 1.807) is 0 Å². The first kappa shape index (κ1) is 8.01. The molecular weight excluding hydrogens is 198 g/mol. The van der Waals surface area contributed by atoms with Crippen LogP contribution < -0.4 is 0 Å². The predicted octanol–water partition coefficient (Wildman–Crippen LogP) is 0.934. The molecule has 1 amide bonds. The largest absolute Gasteiger partial charge is 0.271 e. The number of halogens is 1. The predicted molar refractivity (Wildman–Crippen MR) is 40.7 cm³/mol. The highest BCUT2D eigenvalue weighted by molar-refractivity contribution is 9.10. The van der Waals surface area contributed by atoms with Gasteiger partial charge in [0, 0.05) is 6.54 Å². The SMILES string of the molecule is CCN1OCCC(Br)C1=O. The van der Waals surface area contributed by atoms with Crippen molar-refractivity contribution in [1.82, 2.24) is 5.06 Å². The van der Waals surface area contributed by atoms with Gasteiger partial charge in [-0.15, -0.1) is 0 Å². The van der Waals surface area contributed by atoms with Crippen LogP contribution in [0.4, 0.5) is 0 Å². The number of nitrogens with zero attached hydrogens (tertiary/aromatic N) is 1. The van der Waals surface area contributed by atoms with Crippen LogP contribution in [0, 0.1) is 0 Å². The molecule has 1 fully saturated rings. The maximum atomic E-state index is 11.1. The minimum absolute atomic E-state index is 0.0359. The van der Waals surface area contributed by atoms with Crippen LogP contribution >= 0.6 is 15.9 Å². The van der Waals surface area contributed by atoms with Gasteiger partial charge in [0.1, 0.15) is 0 Å². The molecule has 4 heteroatoms. The molecule has 0 aromatic carbocycles. The summed E-state index contributed by atoms with van der Waals surface area (Å²) in [5.74, 6) is 0.0359. The second-order valence-electron chi connectivity index (χ2n) is 2.12. The number of hydroxylamine groups is 2. The quantitative estimate of drug-likeness (QED) is 0.600. The molecule has 1 aliphatic rings. The molecule has 0 bridgehead atoms. The van der Waals surface area contributed by atoms with E-state index in [4.69, 9.17) is 4.84 Å². The Hall–Kier alpha value is -0.0900. The third-order valence-electron chi connectivity index (χ3n) is 1.42. The van der Waals surface area contributed by atoms with Crippen LogP contribution in [0.3, 0.4) is 0 Å². The van der Waals surface area contributed by atoms with Gasteiger partial charge in [-0.25, -0.2) is 5.06 Å². The Labute approximate surface area is 68.4 Å².